The molecule has 1 saturated heterocycles. The highest BCUT2D eigenvalue weighted by Gasteiger charge is 2.37. The minimum absolute atomic E-state index is 0.247. The summed E-state index contributed by atoms with van der Waals surface area (Å²) in [7, 11) is -2.84. The molecule has 0 amide bonds. The van der Waals surface area contributed by atoms with E-state index in [-0.39, 0.29) is 11.3 Å². The largest absolute Gasteiger partial charge is 0.306 e. The third-order valence-electron chi connectivity index (χ3n) is 3.14. The Morgan fingerprint density at radius 2 is 2.00 bits per heavy atom. The van der Waals surface area contributed by atoms with E-state index in [1.54, 1.807) is 0 Å². The van der Waals surface area contributed by atoms with Gasteiger partial charge in [0, 0.05) is 16.6 Å². The van der Waals surface area contributed by atoms with E-state index in [0.29, 0.717) is 18.7 Å². The standard InChI is InChI=1S/C12H16BrNO2S/c1-12(6-7-17(15,16)9-12)14-8-10-2-4-11(13)5-3-10/h2-5,14H,6-9H2,1H3. The van der Waals surface area contributed by atoms with E-state index < -0.39 is 9.84 Å². The lowest BCUT2D eigenvalue weighted by atomic mass is 10.0. The Morgan fingerprint density at radius 3 is 2.53 bits per heavy atom. The molecule has 0 aliphatic carbocycles. The fraction of sp³-hybridized carbons (Fsp3) is 0.500. The Morgan fingerprint density at radius 1 is 1.35 bits per heavy atom. The first-order valence-corrected chi connectivity index (χ1v) is 8.20. The molecule has 5 heteroatoms. The molecule has 0 bridgehead atoms. The summed E-state index contributed by atoms with van der Waals surface area (Å²) in [5.41, 5.74) is 0.894. The first-order valence-electron chi connectivity index (χ1n) is 5.59. The normalized spacial score (nSPS) is 27.2. The molecular weight excluding hydrogens is 302 g/mol. The summed E-state index contributed by atoms with van der Waals surface area (Å²) in [5.74, 6) is 0.549. The van der Waals surface area contributed by atoms with Crippen LogP contribution in [0.4, 0.5) is 0 Å². The summed E-state index contributed by atoms with van der Waals surface area (Å²) in [6.45, 7) is 2.69. The van der Waals surface area contributed by atoms with E-state index in [1.165, 1.54) is 5.56 Å². The lowest BCUT2D eigenvalue weighted by Gasteiger charge is -2.24. The predicted octanol–water partition coefficient (Wildman–Crippen LogP) is 2.12. The van der Waals surface area contributed by atoms with Crippen LogP contribution < -0.4 is 5.32 Å². The highest BCUT2D eigenvalue weighted by molar-refractivity contribution is 9.10. The van der Waals surface area contributed by atoms with E-state index in [1.807, 2.05) is 31.2 Å². The second-order valence-corrected chi connectivity index (χ2v) is 7.98. The summed E-state index contributed by atoms with van der Waals surface area (Å²) >= 11 is 3.39. The van der Waals surface area contributed by atoms with E-state index in [4.69, 9.17) is 0 Å². The second kappa shape index (κ2) is 4.71. The van der Waals surface area contributed by atoms with E-state index in [0.717, 1.165) is 4.47 Å². The summed E-state index contributed by atoms with van der Waals surface area (Å²) in [6.07, 6.45) is 0.700. The molecule has 1 aliphatic heterocycles. The van der Waals surface area contributed by atoms with Gasteiger partial charge in [0.05, 0.1) is 11.5 Å². The van der Waals surface area contributed by atoms with Crippen LogP contribution in [0.3, 0.4) is 0 Å². The van der Waals surface area contributed by atoms with Gasteiger partial charge in [-0.05, 0) is 31.0 Å². The van der Waals surface area contributed by atoms with Gasteiger partial charge < -0.3 is 5.32 Å². The highest BCUT2D eigenvalue weighted by atomic mass is 79.9. The van der Waals surface area contributed by atoms with Crippen molar-refractivity contribution in [2.24, 2.45) is 0 Å². The third kappa shape index (κ3) is 3.53. The van der Waals surface area contributed by atoms with Crippen LogP contribution in [-0.2, 0) is 16.4 Å². The fourth-order valence-corrected chi connectivity index (χ4v) is 4.45. The molecule has 1 heterocycles. The van der Waals surface area contributed by atoms with Crippen molar-refractivity contribution in [2.45, 2.75) is 25.4 Å². The first-order chi connectivity index (χ1) is 7.89. The van der Waals surface area contributed by atoms with Crippen molar-refractivity contribution in [3.63, 3.8) is 0 Å². The molecule has 1 N–H and O–H groups in total. The third-order valence-corrected chi connectivity index (χ3v) is 5.57. The van der Waals surface area contributed by atoms with Gasteiger partial charge in [-0.25, -0.2) is 8.42 Å². The number of benzene rings is 1. The molecule has 0 saturated carbocycles. The molecule has 94 valence electrons. The highest BCUT2D eigenvalue weighted by Crippen LogP contribution is 2.23. The van der Waals surface area contributed by atoms with Crippen LogP contribution in [0.5, 0.6) is 0 Å². The quantitative estimate of drug-likeness (QED) is 0.928. The van der Waals surface area contributed by atoms with Crippen molar-refractivity contribution in [1.82, 2.24) is 5.32 Å². The maximum absolute atomic E-state index is 11.5. The lowest BCUT2D eigenvalue weighted by molar-refractivity contribution is 0.395. The Balaban J connectivity index is 1.97. The van der Waals surface area contributed by atoms with Gasteiger partial charge in [0.1, 0.15) is 0 Å². The number of hydrogen-bond donors (Lipinski definition) is 1. The number of nitrogens with one attached hydrogen (secondary N) is 1. The van der Waals surface area contributed by atoms with Gasteiger partial charge in [0.2, 0.25) is 0 Å². The van der Waals surface area contributed by atoms with Crippen LogP contribution in [0, 0.1) is 0 Å². The Kier molecular flexibility index (Phi) is 3.61. The summed E-state index contributed by atoms with van der Waals surface area (Å²) in [5, 5.41) is 3.35. The first kappa shape index (κ1) is 13.1. The Bertz CT molecular complexity index is 498. The Labute approximate surface area is 111 Å². The molecule has 1 aromatic rings. The van der Waals surface area contributed by atoms with Crippen LogP contribution in [0.15, 0.2) is 28.7 Å². The Hall–Kier alpha value is -0.390. The molecule has 0 aromatic heterocycles. The van der Waals surface area contributed by atoms with E-state index in [2.05, 4.69) is 21.2 Å². The van der Waals surface area contributed by atoms with Crippen molar-refractivity contribution in [3.8, 4) is 0 Å². The number of rotatable bonds is 3. The van der Waals surface area contributed by atoms with Gasteiger partial charge in [-0.3, -0.25) is 0 Å². The predicted molar refractivity (Wildman–Crippen MR) is 72.7 cm³/mol. The molecule has 1 fully saturated rings. The molecule has 3 nitrogen and oxygen atoms in total. The second-order valence-electron chi connectivity index (χ2n) is 4.88. The lowest BCUT2D eigenvalue weighted by Crippen LogP contribution is -2.42. The maximum Gasteiger partial charge on any atom is 0.152 e. The molecule has 0 spiro atoms. The molecule has 1 atom stereocenters. The van der Waals surface area contributed by atoms with Gasteiger partial charge >= 0.3 is 0 Å². The number of halogens is 1. The van der Waals surface area contributed by atoms with Gasteiger partial charge in [-0.15, -0.1) is 0 Å². The molecule has 17 heavy (non-hydrogen) atoms. The van der Waals surface area contributed by atoms with Crippen LogP contribution >= 0.6 is 15.9 Å². The number of sulfone groups is 1. The molecule has 1 aliphatic rings. The molecule has 1 unspecified atom stereocenters. The van der Waals surface area contributed by atoms with Gasteiger partial charge in [0.15, 0.2) is 9.84 Å². The van der Waals surface area contributed by atoms with Crippen LogP contribution in [0.25, 0.3) is 0 Å². The zero-order valence-corrected chi connectivity index (χ0v) is 12.1. The monoisotopic (exact) mass is 317 g/mol. The van der Waals surface area contributed by atoms with Crippen LogP contribution in [0.1, 0.15) is 18.9 Å². The SMILES string of the molecule is CC1(NCc2ccc(Br)cc2)CCS(=O)(=O)C1. The van der Waals surface area contributed by atoms with Crippen molar-refractivity contribution in [2.75, 3.05) is 11.5 Å². The summed E-state index contributed by atoms with van der Waals surface area (Å²) in [4.78, 5) is 0. The molecular formula is C12H16BrNO2S. The topological polar surface area (TPSA) is 46.2 Å². The fourth-order valence-electron chi connectivity index (χ4n) is 2.07. The van der Waals surface area contributed by atoms with Crippen molar-refractivity contribution in [3.05, 3.63) is 34.3 Å². The van der Waals surface area contributed by atoms with Crippen molar-refractivity contribution in [1.29, 1.82) is 0 Å². The average molecular weight is 318 g/mol. The van der Waals surface area contributed by atoms with Crippen LogP contribution in [0.2, 0.25) is 0 Å². The summed E-state index contributed by atoms with van der Waals surface area (Å²) in [6, 6.07) is 8.04. The molecule has 0 radical (unpaired) electrons. The van der Waals surface area contributed by atoms with E-state index >= 15 is 0 Å². The zero-order valence-electron chi connectivity index (χ0n) is 9.74. The van der Waals surface area contributed by atoms with Crippen molar-refractivity contribution >= 4 is 25.8 Å². The molecule has 2 rings (SSSR count). The van der Waals surface area contributed by atoms with Crippen LogP contribution in [-0.4, -0.2) is 25.5 Å². The average Bonchev–Trinajstić information content (AvgIpc) is 2.53. The minimum atomic E-state index is -2.84. The molecule has 1 aromatic carbocycles. The smallest absolute Gasteiger partial charge is 0.152 e. The van der Waals surface area contributed by atoms with Gasteiger partial charge in [-0.2, -0.15) is 0 Å². The summed E-state index contributed by atoms with van der Waals surface area (Å²) < 4.78 is 24.0. The van der Waals surface area contributed by atoms with Gasteiger partial charge in [0.25, 0.3) is 0 Å². The van der Waals surface area contributed by atoms with E-state index in [9.17, 15) is 8.42 Å². The minimum Gasteiger partial charge on any atom is -0.306 e. The van der Waals surface area contributed by atoms with Crippen molar-refractivity contribution < 1.29 is 8.42 Å². The maximum atomic E-state index is 11.5. The van der Waals surface area contributed by atoms with Gasteiger partial charge in [-0.1, -0.05) is 28.1 Å². The number of hydrogen-bond acceptors (Lipinski definition) is 3. The zero-order chi connectivity index (χ0) is 12.5.